The highest BCUT2D eigenvalue weighted by molar-refractivity contribution is 4.79. The maximum Gasteiger partial charge on any atom is 0.0597 e. The van der Waals surface area contributed by atoms with E-state index >= 15 is 0 Å². The molecule has 2 nitrogen and oxygen atoms in total. The molecule has 2 heterocycles. The first-order valence-corrected chi connectivity index (χ1v) is 5.33. The molecule has 1 atom stereocenters. The third-order valence-corrected chi connectivity index (χ3v) is 3.29. The Morgan fingerprint density at radius 1 is 1.17 bits per heavy atom. The lowest BCUT2D eigenvalue weighted by molar-refractivity contribution is 0.128. The molecule has 0 bridgehead atoms. The van der Waals surface area contributed by atoms with Crippen LogP contribution in [0.4, 0.5) is 0 Å². The summed E-state index contributed by atoms with van der Waals surface area (Å²) in [6.45, 7) is 6.24. The highest BCUT2D eigenvalue weighted by Gasteiger charge is 2.24. The van der Waals surface area contributed by atoms with E-state index in [1.54, 1.807) is 0 Å². The quantitative estimate of drug-likeness (QED) is 0.637. The van der Waals surface area contributed by atoms with Crippen LogP contribution in [0.5, 0.6) is 0 Å². The third-order valence-electron chi connectivity index (χ3n) is 3.29. The summed E-state index contributed by atoms with van der Waals surface area (Å²) in [6, 6.07) is 0. The largest absolute Gasteiger partial charge is 0.302 e. The van der Waals surface area contributed by atoms with E-state index in [1.165, 1.54) is 45.3 Å². The lowest BCUT2D eigenvalue weighted by Gasteiger charge is -2.34. The predicted octanol–water partition coefficient (Wildman–Crippen LogP) is 1.43. The second-order valence-corrected chi connectivity index (χ2v) is 4.33. The second-order valence-electron chi connectivity index (χ2n) is 4.33. The molecule has 1 unspecified atom stereocenters. The number of nitrogens with one attached hydrogen (secondary N) is 1. The molecule has 1 N–H and O–H groups in total. The predicted molar refractivity (Wildman–Crippen MR) is 51.0 cm³/mol. The van der Waals surface area contributed by atoms with Gasteiger partial charge in [-0.05, 0) is 51.2 Å². The van der Waals surface area contributed by atoms with Gasteiger partial charge in [-0.3, -0.25) is 4.90 Å². The molecule has 0 saturated carbocycles. The molecular formula is C10H20N2. The van der Waals surface area contributed by atoms with Gasteiger partial charge in [0.2, 0.25) is 0 Å². The molecule has 2 fully saturated rings. The molecule has 2 aliphatic heterocycles. The summed E-state index contributed by atoms with van der Waals surface area (Å²) in [6.07, 6.45) is 6.26. The summed E-state index contributed by atoms with van der Waals surface area (Å²) in [5.74, 6) is 0.961. The maximum absolute atomic E-state index is 3.57. The Morgan fingerprint density at radius 2 is 1.92 bits per heavy atom. The van der Waals surface area contributed by atoms with Crippen molar-refractivity contribution in [3.63, 3.8) is 0 Å². The molecule has 0 aromatic carbocycles. The van der Waals surface area contributed by atoms with Crippen LogP contribution in [0.25, 0.3) is 0 Å². The van der Waals surface area contributed by atoms with Crippen LogP contribution in [0.2, 0.25) is 0 Å². The topological polar surface area (TPSA) is 15.3 Å². The van der Waals surface area contributed by atoms with Crippen molar-refractivity contribution < 1.29 is 0 Å². The van der Waals surface area contributed by atoms with Crippen molar-refractivity contribution in [2.45, 2.75) is 38.8 Å². The number of nitrogens with zero attached hydrogens (tertiary/aromatic N) is 1. The zero-order chi connectivity index (χ0) is 8.39. The Hall–Kier alpha value is -0.0800. The Bertz CT molecular complexity index is 133. The first kappa shape index (κ1) is 8.52. The van der Waals surface area contributed by atoms with Crippen molar-refractivity contribution >= 4 is 0 Å². The van der Waals surface area contributed by atoms with E-state index in [0.717, 1.165) is 12.1 Å². The van der Waals surface area contributed by atoms with Crippen LogP contribution in [-0.2, 0) is 0 Å². The van der Waals surface area contributed by atoms with Gasteiger partial charge >= 0.3 is 0 Å². The van der Waals surface area contributed by atoms with Gasteiger partial charge in [0.25, 0.3) is 0 Å². The highest BCUT2D eigenvalue weighted by Crippen LogP contribution is 2.20. The van der Waals surface area contributed by atoms with Crippen molar-refractivity contribution in [2.75, 3.05) is 19.6 Å². The third kappa shape index (κ3) is 1.80. The molecule has 0 aromatic rings. The fourth-order valence-electron chi connectivity index (χ4n) is 2.32. The monoisotopic (exact) mass is 168 g/mol. The molecule has 2 aliphatic rings. The smallest absolute Gasteiger partial charge is 0.0597 e. The molecule has 0 spiro atoms. The summed E-state index contributed by atoms with van der Waals surface area (Å²) in [5, 5.41) is 3.57. The van der Waals surface area contributed by atoms with Crippen LogP contribution in [0.3, 0.4) is 0 Å². The Kier molecular flexibility index (Phi) is 2.66. The minimum absolute atomic E-state index is 0.720. The van der Waals surface area contributed by atoms with E-state index in [4.69, 9.17) is 0 Å². The lowest BCUT2D eigenvalue weighted by Crippen LogP contribution is -2.45. The van der Waals surface area contributed by atoms with Gasteiger partial charge in [0, 0.05) is 0 Å². The summed E-state index contributed by atoms with van der Waals surface area (Å²) in [5.41, 5.74) is 0. The van der Waals surface area contributed by atoms with E-state index in [2.05, 4.69) is 17.1 Å². The van der Waals surface area contributed by atoms with Crippen LogP contribution in [0, 0.1) is 5.92 Å². The number of hydrogen-bond donors (Lipinski definition) is 1. The van der Waals surface area contributed by atoms with Gasteiger partial charge < -0.3 is 5.32 Å². The van der Waals surface area contributed by atoms with E-state index < -0.39 is 0 Å². The number of likely N-dealkylation sites (tertiary alicyclic amines) is 1. The van der Waals surface area contributed by atoms with E-state index in [1.807, 2.05) is 0 Å². The van der Waals surface area contributed by atoms with Gasteiger partial charge in [-0.25, -0.2) is 0 Å². The fourth-order valence-corrected chi connectivity index (χ4v) is 2.32. The summed E-state index contributed by atoms with van der Waals surface area (Å²) >= 11 is 0. The highest BCUT2D eigenvalue weighted by atomic mass is 15.3. The minimum atomic E-state index is 0.720. The standard InChI is InChI=1S/C10H20N2/c1-9-4-7-12(8-5-9)10-3-2-6-11-10/h9-11H,2-8H2,1H3. The Morgan fingerprint density at radius 3 is 2.50 bits per heavy atom. The molecule has 2 saturated heterocycles. The summed E-state index contributed by atoms with van der Waals surface area (Å²) < 4.78 is 0. The van der Waals surface area contributed by atoms with Gasteiger partial charge in [-0.2, -0.15) is 0 Å². The molecule has 2 rings (SSSR count). The van der Waals surface area contributed by atoms with Crippen LogP contribution in [0.1, 0.15) is 32.6 Å². The zero-order valence-electron chi connectivity index (χ0n) is 8.05. The van der Waals surface area contributed by atoms with Crippen molar-refractivity contribution in [3.05, 3.63) is 0 Å². The van der Waals surface area contributed by atoms with Gasteiger partial charge in [0.1, 0.15) is 0 Å². The molecule has 0 radical (unpaired) electrons. The van der Waals surface area contributed by atoms with E-state index in [0.29, 0.717) is 0 Å². The van der Waals surface area contributed by atoms with Crippen molar-refractivity contribution in [1.29, 1.82) is 0 Å². The molecule has 70 valence electrons. The van der Waals surface area contributed by atoms with Gasteiger partial charge in [-0.15, -0.1) is 0 Å². The average Bonchev–Trinajstić information content (AvgIpc) is 2.58. The molecule has 12 heavy (non-hydrogen) atoms. The number of hydrogen-bond acceptors (Lipinski definition) is 2. The van der Waals surface area contributed by atoms with Gasteiger partial charge in [0.05, 0.1) is 6.17 Å². The number of piperidine rings is 1. The molecule has 0 aromatic heterocycles. The van der Waals surface area contributed by atoms with Crippen LogP contribution < -0.4 is 5.32 Å². The Labute approximate surface area is 75.3 Å². The van der Waals surface area contributed by atoms with Gasteiger partial charge in [-0.1, -0.05) is 6.92 Å². The van der Waals surface area contributed by atoms with Crippen molar-refractivity contribution in [2.24, 2.45) is 5.92 Å². The van der Waals surface area contributed by atoms with Gasteiger partial charge in [0.15, 0.2) is 0 Å². The van der Waals surface area contributed by atoms with E-state index in [9.17, 15) is 0 Å². The van der Waals surface area contributed by atoms with Crippen LogP contribution >= 0.6 is 0 Å². The number of rotatable bonds is 1. The van der Waals surface area contributed by atoms with Crippen LogP contribution in [-0.4, -0.2) is 30.7 Å². The summed E-state index contributed by atoms with van der Waals surface area (Å²) in [7, 11) is 0. The summed E-state index contributed by atoms with van der Waals surface area (Å²) in [4.78, 5) is 2.63. The normalized spacial score (nSPS) is 34.2. The second kappa shape index (κ2) is 3.75. The first-order valence-electron chi connectivity index (χ1n) is 5.33. The zero-order valence-corrected chi connectivity index (χ0v) is 8.05. The first-order chi connectivity index (χ1) is 5.86. The van der Waals surface area contributed by atoms with Crippen molar-refractivity contribution in [3.8, 4) is 0 Å². The molecule has 0 aliphatic carbocycles. The minimum Gasteiger partial charge on any atom is -0.302 e. The van der Waals surface area contributed by atoms with Crippen molar-refractivity contribution in [1.82, 2.24) is 10.2 Å². The van der Waals surface area contributed by atoms with E-state index in [-0.39, 0.29) is 0 Å². The molecular weight excluding hydrogens is 148 g/mol. The SMILES string of the molecule is CC1CCN(C2CCCN2)CC1. The lowest BCUT2D eigenvalue weighted by atomic mass is 9.99. The molecule has 0 amide bonds. The Balaban J connectivity index is 1.80. The van der Waals surface area contributed by atoms with Crippen LogP contribution in [0.15, 0.2) is 0 Å². The molecule has 2 heteroatoms. The maximum atomic E-state index is 3.57. The fraction of sp³-hybridized carbons (Fsp3) is 1.00. The average molecular weight is 168 g/mol.